The fourth-order valence-electron chi connectivity index (χ4n) is 1.74. The van der Waals surface area contributed by atoms with E-state index >= 15 is 0 Å². The zero-order valence-electron chi connectivity index (χ0n) is 16.7. The molecule has 0 aromatic carbocycles. The van der Waals surface area contributed by atoms with Gasteiger partial charge < -0.3 is 20.9 Å². The molecule has 4 N–H and O–H groups in total. The SMILES string of the molecule is [N-]=[N+]=NCC(=O)NCC(=O)CC(CCCN)C(=O)O.[N-]=[N+]=NCC(=O)OC(=O)CN=[N+]=[N-]. The zero-order chi connectivity index (χ0) is 24.8. The molecule has 0 rings (SSSR count). The molecule has 1 atom stereocenters. The van der Waals surface area contributed by atoms with Gasteiger partial charge in [0.25, 0.3) is 0 Å². The summed E-state index contributed by atoms with van der Waals surface area (Å²) in [6, 6.07) is 0. The van der Waals surface area contributed by atoms with Crippen molar-refractivity contribution in [2.45, 2.75) is 19.3 Å². The van der Waals surface area contributed by atoms with Gasteiger partial charge in [-0.2, -0.15) is 0 Å². The molecule has 0 fully saturated rings. The van der Waals surface area contributed by atoms with Gasteiger partial charge in [0.15, 0.2) is 5.78 Å². The summed E-state index contributed by atoms with van der Waals surface area (Å²) in [5.74, 6) is -4.79. The second kappa shape index (κ2) is 19.9. The number of carbonyl (C=O) groups excluding carboxylic acids is 4. The maximum absolute atomic E-state index is 11.5. The number of azide groups is 3. The third kappa shape index (κ3) is 19.0. The number of esters is 2. The molecule has 18 nitrogen and oxygen atoms in total. The first-order chi connectivity index (χ1) is 15.2. The highest BCUT2D eigenvalue weighted by Crippen LogP contribution is 2.11. The Morgan fingerprint density at radius 3 is 1.88 bits per heavy atom. The Labute approximate surface area is 179 Å². The Bertz CT molecular complexity index is 782. The van der Waals surface area contributed by atoms with Crippen molar-refractivity contribution in [2.24, 2.45) is 27.0 Å². The number of carbonyl (C=O) groups is 5. The van der Waals surface area contributed by atoms with Crippen LogP contribution in [0.15, 0.2) is 15.3 Å². The fraction of sp³-hybridized carbons (Fsp3) is 0.643. The van der Waals surface area contributed by atoms with Crippen LogP contribution < -0.4 is 11.1 Å². The van der Waals surface area contributed by atoms with Crippen LogP contribution in [0.1, 0.15) is 19.3 Å². The second-order valence-electron chi connectivity index (χ2n) is 5.50. The highest BCUT2D eigenvalue weighted by Gasteiger charge is 2.20. The molecule has 0 aliphatic rings. The number of aliphatic carboxylic acids is 1. The van der Waals surface area contributed by atoms with Gasteiger partial charge in [-0.15, -0.1) is 0 Å². The van der Waals surface area contributed by atoms with Crippen LogP contribution in [0.3, 0.4) is 0 Å². The molecule has 1 unspecified atom stereocenters. The van der Waals surface area contributed by atoms with E-state index in [1.165, 1.54) is 0 Å². The first-order valence-corrected chi connectivity index (χ1v) is 8.69. The summed E-state index contributed by atoms with van der Waals surface area (Å²) in [6.45, 7) is -1.44. The first-order valence-electron chi connectivity index (χ1n) is 8.69. The minimum atomic E-state index is -1.05. The Balaban J connectivity index is 0. The largest absolute Gasteiger partial charge is 0.481 e. The number of carboxylic acid groups (broad SMARTS) is 1. The van der Waals surface area contributed by atoms with E-state index in [4.69, 9.17) is 27.4 Å². The summed E-state index contributed by atoms with van der Waals surface area (Å²) in [6.07, 6.45) is 0.689. The number of nitrogens with one attached hydrogen (secondary N) is 1. The molecule has 32 heavy (non-hydrogen) atoms. The Hall–Kier alpha value is -4.36. The number of nitrogens with zero attached hydrogens (tertiary/aromatic N) is 9. The third-order valence-corrected chi connectivity index (χ3v) is 3.09. The summed E-state index contributed by atoms with van der Waals surface area (Å²) in [7, 11) is 0. The number of amides is 1. The van der Waals surface area contributed by atoms with Crippen molar-refractivity contribution >= 4 is 29.6 Å². The van der Waals surface area contributed by atoms with Crippen LogP contribution in [0.4, 0.5) is 0 Å². The lowest BCUT2D eigenvalue weighted by Crippen LogP contribution is -2.32. The predicted molar refractivity (Wildman–Crippen MR) is 105 cm³/mol. The smallest absolute Gasteiger partial charge is 0.319 e. The van der Waals surface area contributed by atoms with Gasteiger partial charge in [0.2, 0.25) is 5.91 Å². The molecule has 0 saturated carbocycles. The molecule has 0 aromatic heterocycles. The summed E-state index contributed by atoms with van der Waals surface area (Å²) in [4.78, 5) is 61.4. The topological polar surface area (TPSA) is 299 Å². The van der Waals surface area contributed by atoms with E-state index < -0.39 is 48.6 Å². The van der Waals surface area contributed by atoms with Gasteiger partial charge >= 0.3 is 17.9 Å². The number of carboxylic acids is 1. The van der Waals surface area contributed by atoms with Crippen molar-refractivity contribution < 1.29 is 33.8 Å². The normalized spacial score (nSPS) is 9.78. The van der Waals surface area contributed by atoms with Crippen LogP contribution >= 0.6 is 0 Å². The molecule has 0 heterocycles. The van der Waals surface area contributed by atoms with Gasteiger partial charge in [0.1, 0.15) is 19.6 Å². The van der Waals surface area contributed by atoms with Gasteiger partial charge in [0, 0.05) is 21.2 Å². The van der Waals surface area contributed by atoms with E-state index in [1.807, 2.05) is 0 Å². The van der Waals surface area contributed by atoms with Crippen LogP contribution in [0.2, 0.25) is 0 Å². The molecular weight excluding hydrogens is 434 g/mol. The number of rotatable bonds is 14. The zero-order valence-corrected chi connectivity index (χ0v) is 16.7. The summed E-state index contributed by atoms with van der Waals surface area (Å²) >= 11 is 0. The van der Waals surface area contributed by atoms with Crippen LogP contribution in [0.5, 0.6) is 0 Å². The summed E-state index contributed by atoms with van der Waals surface area (Å²) in [5, 5.41) is 19.9. The minimum Gasteiger partial charge on any atom is -0.481 e. The van der Waals surface area contributed by atoms with Gasteiger partial charge in [-0.3, -0.25) is 24.0 Å². The molecular formula is C14H21N11O7. The van der Waals surface area contributed by atoms with Crippen LogP contribution in [-0.2, 0) is 28.7 Å². The molecule has 0 aliphatic heterocycles. The van der Waals surface area contributed by atoms with Gasteiger partial charge in [-0.25, -0.2) is 0 Å². The van der Waals surface area contributed by atoms with Gasteiger partial charge in [-0.1, -0.05) is 15.3 Å². The van der Waals surface area contributed by atoms with E-state index in [9.17, 15) is 24.0 Å². The van der Waals surface area contributed by atoms with E-state index in [0.717, 1.165) is 0 Å². The fourth-order valence-corrected chi connectivity index (χ4v) is 1.74. The van der Waals surface area contributed by atoms with Gasteiger partial charge in [0.05, 0.1) is 12.5 Å². The van der Waals surface area contributed by atoms with E-state index in [0.29, 0.717) is 19.4 Å². The van der Waals surface area contributed by atoms with Crippen LogP contribution in [-0.4, -0.2) is 67.4 Å². The Morgan fingerprint density at radius 1 is 0.938 bits per heavy atom. The molecule has 18 heteroatoms. The maximum Gasteiger partial charge on any atom is 0.319 e. The number of hydrogen-bond acceptors (Lipinski definition) is 10. The van der Waals surface area contributed by atoms with Crippen molar-refractivity contribution in [1.29, 1.82) is 0 Å². The van der Waals surface area contributed by atoms with E-state index in [1.54, 1.807) is 0 Å². The standard InChI is InChI=1S/C10H17N5O4.C4H4N6O3/c11-3-1-2-7(10(18)19)4-8(16)5-13-9(17)6-14-15-12;5-9-7-1-3(11)13-4(12)2-8-10-6/h7H,1-6,11H2,(H,13,17)(H,18,19);1-2H2. The van der Waals surface area contributed by atoms with Crippen LogP contribution in [0.25, 0.3) is 31.3 Å². The number of nitrogens with two attached hydrogens (primary N) is 1. The van der Waals surface area contributed by atoms with E-state index in [-0.39, 0.29) is 19.5 Å². The molecule has 0 aromatic rings. The lowest BCUT2D eigenvalue weighted by Gasteiger charge is -2.11. The molecule has 0 radical (unpaired) electrons. The Kier molecular flexibility index (Phi) is 18.6. The molecule has 1 amide bonds. The Morgan fingerprint density at radius 2 is 1.44 bits per heavy atom. The average molecular weight is 455 g/mol. The van der Waals surface area contributed by atoms with Crippen molar-refractivity contribution in [1.82, 2.24) is 5.32 Å². The molecule has 0 aliphatic carbocycles. The molecule has 174 valence electrons. The predicted octanol–water partition coefficient (Wildman–Crippen LogP) is 0.489. The second-order valence-corrected chi connectivity index (χ2v) is 5.50. The summed E-state index contributed by atoms with van der Waals surface area (Å²) < 4.78 is 4.05. The summed E-state index contributed by atoms with van der Waals surface area (Å²) in [5.41, 5.74) is 28.8. The maximum atomic E-state index is 11.5. The van der Waals surface area contributed by atoms with Crippen molar-refractivity contribution in [3.8, 4) is 0 Å². The number of Topliss-reactive ketones (excluding diaryl/α,β-unsaturated/α-hetero) is 1. The number of ether oxygens (including phenoxy) is 1. The first kappa shape index (κ1) is 29.8. The molecule has 0 saturated heterocycles. The number of ketones is 1. The van der Waals surface area contributed by atoms with Crippen molar-refractivity contribution in [3.63, 3.8) is 0 Å². The van der Waals surface area contributed by atoms with Gasteiger partial charge in [-0.05, 0) is 36.0 Å². The average Bonchev–Trinajstić information content (AvgIpc) is 2.76. The van der Waals surface area contributed by atoms with Crippen LogP contribution in [0, 0.1) is 5.92 Å². The lowest BCUT2D eigenvalue weighted by atomic mass is 9.97. The monoisotopic (exact) mass is 455 g/mol. The quantitative estimate of drug-likeness (QED) is 0.108. The van der Waals surface area contributed by atoms with Crippen molar-refractivity contribution in [3.05, 3.63) is 31.3 Å². The lowest BCUT2D eigenvalue weighted by molar-refractivity contribution is -0.157. The van der Waals surface area contributed by atoms with Crippen molar-refractivity contribution in [2.75, 3.05) is 32.7 Å². The minimum absolute atomic E-state index is 0.156. The third-order valence-electron chi connectivity index (χ3n) is 3.09. The highest BCUT2D eigenvalue weighted by atomic mass is 16.6. The van der Waals surface area contributed by atoms with E-state index in [2.05, 4.69) is 40.1 Å². The molecule has 0 spiro atoms. The number of hydrogen-bond donors (Lipinski definition) is 3. The molecule has 0 bridgehead atoms. The highest BCUT2D eigenvalue weighted by molar-refractivity contribution is 5.89.